The zero-order chi connectivity index (χ0) is 14.4. The van der Waals surface area contributed by atoms with Gasteiger partial charge in [-0.2, -0.15) is 5.10 Å². The van der Waals surface area contributed by atoms with Gasteiger partial charge in [-0.15, -0.1) is 0 Å². The zero-order valence-electron chi connectivity index (χ0n) is 12.8. The van der Waals surface area contributed by atoms with E-state index in [1.54, 1.807) is 0 Å². The van der Waals surface area contributed by atoms with Gasteiger partial charge in [-0.25, -0.2) is 0 Å². The molecule has 0 unspecified atom stereocenters. The van der Waals surface area contributed by atoms with E-state index >= 15 is 0 Å². The highest BCUT2D eigenvalue weighted by atomic mass is 79.9. The molecule has 0 aliphatic carbocycles. The summed E-state index contributed by atoms with van der Waals surface area (Å²) in [6, 6.07) is 0. The number of hydrogen-bond acceptors (Lipinski definition) is 3. The van der Waals surface area contributed by atoms with Crippen LogP contribution in [-0.4, -0.2) is 41.4 Å². The largest absolute Gasteiger partial charge is 0.315 e. The van der Waals surface area contributed by atoms with Crippen LogP contribution < -0.4 is 5.32 Å². The van der Waals surface area contributed by atoms with E-state index in [2.05, 4.69) is 63.7 Å². The molecule has 19 heavy (non-hydrogen) atoms. The lowest BCUT2D eigenvalue weighted by Crippen LogP contribution is -2.31. The van der Waals surface area contributed by atoms with Crippen LogP contribution in [0.3, 0.4) is 0 Å². The van der Waals surface area contributed by atoms with Gasteiger partial charge >= 0.3 is 0 Å². The van der Waals surface area contributed by atoms with Crippen LogP contribution in [0.2, 0.25) is 0 Å². The molecular weight excluding hydrogens is 304 g/mol. The van der Waals surface area contributed by atoms with Gasteiger partial charge in [0.25, 0.3) is 0 Å². The van der Waals surface area contributed by atoms with Crippen LogP contribution in [0.4, 0.5) is 0 Å². The van der Waals surface area contributed by atoms with Crippen molar-refractivity contribution in [1.82, 2.24) is 20.0 Å². The third-order valence-corrected chi connectivity index (χ3v) is 4.13. The summed E-state index contributed by atoms with van der Waals surface area (Å²) in [5.41, 5.74) is 2.34. The van der Waals surface area contributed by atoms with Gasteiger partial charge in [0.05, 0.1) is 15.9 Å². The van der Waals surface area contributed by atoms with Crippen molar-refractivity contribution < 1.29 is 0 Å². The topological polar surface area (TPSA) is 33.1 Å². The van der Waals surface area contributed by atoms with Gasteiger partial charge < -0.3 is 5.32 Å². The third-order valence-electron chi connectivity index (χ3n) is 3.10. The summed E-state index contributed by atoms with van der Waals surface area (Å²) < 4.78 is 3.23. The molecule has 0 radical (unpaired) electrons. The van der Waals surface area contributed by atoms with Crippen molar-refractivity contribution in [2.75, 3.05) is 26.7 Å². The summed E-state index contributed by atoms with van der Waals surface area (Å²) in [7, 11) is 2.16. The molecule has 4 nitrogen and oxygen atoms in total. The lowest BCUT2D eigenvalue weighted by Gasteiger charge is -2.18. The first-order chi connectivity index (χ1) is 8.95. The van der Waals surface area contributed by atoms with Crippen molar-refractivity contribution >= 4 is 15.9 Å². The molecule has 0 amide bonds. The molecule has 0 fully saturated rings. The van der Waals surface area contributed by atoms with E-state index in [0.717, 1.165) is 42.9 Å². The van der Waals surface area contributed by atoms with Crippen LogP contribution in [-0.2, 0) is 13.1 Å². The molecule has 0 aliphatic rings. The molecule has 1 aromatic heterocycles. The number of likely N-dealkylation sites (N-methyl/N-ethyl adjacent to an activating group) is 1. The van der Waals surface area contributed by atoms with E-state index < -0.39 is 0 Å². The maximum absolute atomic E-state index is 4.53. The Bertz CT molecular complexity index is 387. The van der Waals surface area contributed by atoms with E-state index in [9.17, 15) is 0 Å². The van der Waals surface area contributed by atoms with Crippen molar-refractivity contribution in [3.8, 4) is 0 Å². The van der Waals surface area contributed by atoms with Gasteiger partial charge in [-0.05, 0) is 49.3 Å². The first-order valence-corrected chi connectivity index (χ1v) is 7.86. The van der Waals surface area contributed by atoms with Gasteiger partial charge in [0.2, 0.25) is 0 Å². The van der Waals surface area contributed by atoms with Gasteiger partial charge in [0.1, 0.15) is 0 Å². The Morgan fingerprint density at radius 2 is 2.11 bits per heavy atom. The number of aromatic nitrogens is 2. The summed E-state index contributed by atoms with van der Waals surface area (Å²) in [4.78, 5) is 2.33. The molecule has 0 bridgehead atoms. The van der Waals surface area contributed by atoms with Crippen LogP contribution in [0.25, 0.3) is 0 Å². The highest BCUT2D eigenvalue weighted by molar-refractivity contribution is 9.10. The molecular formula is C14H27BrN4. The van der Waals surface area contributed by atoms with Gasteiger partial charge in [-0.1, -0.05) is 13.8 Å². The van der Waals surface area contributed by atoms with E-state index in [1.807, 2.05) is 6.92 Å². The number of rotatable bonds is 8. The average Bonchev–Trinajstić information content (AvgIpc) is 2.62. The van der Waals surface area contributed by atoms with E-state index in [1.165, 1.54) is 5.69 Å². The predicted octanol–water partition coefficient (Wildman–Crippen LogP) is 2.65. The minimum atomic E-state index is 0.712. The Labute approximate surface area is 125 Å². The Morgan fingerprint density at radius 1 is 1.42 bits per heavy atom. The highest BCUT2D eigenvalue weighted by Crippen LogP contribution is 2.21. The van der Waals surface area contributed by atoms with Crippen LogP contribution in [0, 0.1) is 12.8 Å². The predicted molar refractivity (Wildman–Crippen MR) is 84.4 cm³/mol. The fourth-order valence-corrected chi connectivity index (χ4v) is 2.42. The average molecular weight is 331 g/mol. The molecule has 1 heterocycles. The molecule has 0 atom stereocenters. The van der Waals surface area contributed by atoms with Gasteiger partial charge in [0.15, 0.2) is 0 Å². The monoisotopic (exact) mass is 330 g/mol. The second kappa shape index (κ2) is 8.02. The summed E-state index contributed by atoms with van der Waals surface area (Å²) in [5, 5.41) is 8.00. The Hall–Kier alpha value is -0.390. The summed E-state index contributed by atoms with van der Waals surface area (Å²) in [6.45, 7) is 13.7. The molecule has 0 aromatic carbocycles. The number of halogens is 1. The van der Waals surface area contributed by atoms with E-state index in [0.29, 0.717) is 5.92 Å². The molecule has 0 spiro atoms. The summed E-state index contributed by atoms with van der Waals surface area (Å²) >= 11 is 3.65. The zero-order valence-corrected chi connectivity index (χ0v) is 14.4. The number of hydrogen-bond donors (Lipinski definition) is 1. The fraction of sp³-hybridized carbons (Fsp3) is 0.786. The van der Waals surface area contributed by atoms with Crippen LogP contribution >= 0.6 is 15.9 Å². The molecule has 0 saturated carbocycles. The van der Waals surface area contributed by atoms with Crippen LogP contribution in [0.1, 0.15) is 32.2 Å². The van der Waals surface area contributed by atoms with Gasteiger partial charge in [-0.3, -0.25) is 9.58 Å². The minimum Gasteiger partial charge on any atom is -0.315 e. The molecule has 5 heteroatoms. The quantitative estimate of drug-likeness (QED) is 0.744. The molecule has 1 N–H and O–H groups in total. The van der Waals surface area contributed by atoms with E-state index in [4.69, 9.17) is 0 Å². The first-order valence-electron chi connectivity index (χ1n) is 7.06. The molecule has 110 valence electrons. The summed E-state index contributed by atoms with van der Waals surface area (Å²) in [5.74, 6) is 0.712. The SMILES string of the molecule is CCn1nc(C)c(Br)c1CN(C)CCNCC(C)C. The molecule has 1 rings (SSSR count). The Morgan fingerprint density at radius 3 is 2.68 bits per heavy atom. The maximum atomic E-state index is 4.53. The number of aryl methyl sites for hydroxylation is 2. The van der Waals surface area contributed by atoms with Crippen LogP contribution in [0.15, 0.2) is 4.47 Å². The number of nitrogens with one attached hydrogen (secondary N) is 1. The standard InChI is InChI=1S/C14H27BrN4/c1-6-19-13(14(15)12(4)17-19)10-18(5)8-7-16-9-11(2)3/h11,16H,6-10H2,1-5H3. The molecule has 0 aliphatic heterocycles. The van der Waals surface area contributed by atoms with Crippen molar-refractivity contribution in [2.24, 2.45) is 5.92 Å². The number of nitrogens with zero attached hydrogens (tertiary/aromatic N) is 3. The molecule has 1 aromatic rings. The Kier molecular flexibility index (Phi) is 7.04. The minimum absolute atomic E-state index is 0.712. The van der Waals surface area contributed by atoms with Crippen molar-refractivity contribution in [3.63, 3.8) is 0 Å². The lowest BCUT2D eigenvalue weighted by molar-refractivity contribution is 0.310. The smallest absolute Gasteiger partial charge is 0.0739 e. The maximum Gasteiger partial charge on any atom is 0.0739 e. The Balaban J connectivity index is 2.46. The molecule has 0 saturated heterocycles. The third kappa shape index (κ3) is 5.24. The van der Waals surface area contributed by atoms with Gasteiger partial charge in [0, 0.05) is 26.2 Å². The first kappa shape index (κ1) is 16.7. The van der Waals surface area contributed by atoms with Crippen molar-refractivity contribution in [1.29, 1.82) is 0 Å². The normalized spacial score (nSPS) is 11.8. The second-order valence-electron chi connectivity index (χ2n) is 5.50. The van der Waals surface area contributed by atoms with Crippen molar-refractivity contribution in [2.45, 2.75) is 40.8 Å². The summed E-state index contributed by atoms with van der Waals surface area (Å²) in [6.07, 6.45) is 0. The lowest BCUT2D eigenvalue weighted by atomic mass is 10.2. The highest BCUT2D eigenvalue weighted by Gasteiger charge is 2.13. The second-order valence-corrected chi connectivity index (χ2v) is 6.29. The van der Waals surface area contributed by atoms with Crippen LogP contribution in [0.5, 0.6) is 0 Å². The fourth-order valence-electron chi connectivity index (χ4n) is 2.02. The van der Waals surface area contributed by atoms with E-state index in [-0.39, 0.29) is 0 Å². The van der Waals surface area contributed by atoms with Crippen molar-refractivity contribution in [3.05, 3.63) is 15.9 Å².